The van der Waals surface area contributed by atoms with Crippen molar-refractivity contribution >= 4 is 11.9 Å². The number of hydrogen-bond acceptors (Lipinski definition) is 2. The maximum Gasteiger partial charge on any atom is 0.416 e. The summed E-state index contributed by atoms with van der Waals surface area (Å²) in [7, 11) is 0. The number of hydrogen-bond donors (Lipinski definition) is 2. The average molecular weight is 357 g/mol. The van der Waals surface area contributed by atoms with E-state index in [9.17, 15) is 22.8 Å². The van der Waals surface area contributed by atoms with E-state index in [1.165, 1.54) is 6.07 Å². The summed E-state index contributed by atoms with van der Waals surface area (Å²) >= 11 is 0. The lowest BCUT2D eigenvalue weighted by Crippen LogP contribution is -2.51. The Bertz CT molecular complexity index is 672. The summed E-state index contributed by atoms with van der Waals surface area (Å²) in [4.78, 5) is 23.5. The van der Waals surface area contributed by atoms with Crippen LogP contribution in [0.1, 0.15) is 50.7 Å². The molecule has 0 heterocycles. The molecule has 1 aliphatic carbocycles. The lowest BCUT2D eigenvalue weighted by Gasteiger charge is -2.33. The van der Waals surface area contributed by atoms with Crippen molar-refractivity contribution in [2.24, 2.45) is 11.8 Å². The Balaban J connectivity index is 2.08. The first-order chi connectivity index (χ1) is 11.4. The lowest BCUT2D eigenvalue weighted by molar-refractivity contribution is -0.140. The van der Waals surface area contributed by atoms with Gasteiger partial charge >= 0.3 is 12.1 Å². The molecule has 0 aromatic heterocycles. The summed E-state index contributed by atoms with van der Waals surface area (Å²) in [5, 5.41) is 11.8. The third-order valence-electron chi connectivity index (χ3n) is 4.97. The van der Waals surface area contributed by atoms with E-state index in [0.29, 0.717) is 12.0 Å². The van der Waals surface area contributed by atoms with Crippen molar-refractivity contribution in [3.8, 4) is 0 Å². The minimum Gasteiger partial charge on any atom is -0.481 e. The van der Waals surface area contributed by atoms with Crippen LogP contribution in [0.3, 0.4) is 0 Å². The Labute approximate surface area is 144 Å². The molecule has 0 aliphatic heterocycles. The molecule has 0 bridgehead atoms. The number of amides is 1. The second-order valence-electron chi connectivity index (χ2n) is 7.20. The molecule has 0 spiro atoms. The largest absolute Gasteiger partial charge is 0.481 e. The van der Waals surface area contributed by atoms with E-state index in [1.807, 2.05) is 13.8 Å². The van der Waals surface area contributed by atoms with E-state index >= 15 is 0 Å². The van der Waals surface area contributed by atoms with Gasteiger partial charge in [0.1, 0.15) is 0 Å². The molecular weight excluding hydrogens is 335 g/mol. The molecule has 4 nitrogen and oxygen atoms in total. The van der Waals surface area contributed by atoms with Gasteiger partial charge in [-0.25, -0.2) is 0 Å². The van der Waals surface area contributed by atoms with Gasteiger partial charge in [0.05, 0.1) is 12.0 Å². The highest BCUT2D eigenvalue weighted by atomic mass is 19.4. The predicted molar refractivity (Wildman–Crippen MR) is 85.9 cm³/mol. The third kappa shape index (κ3) is 4.52. The minimum absolute atomic E-state index is 0.0988. The molecule has 2 N–H and O–H groups in total. The van der Waals surface area contributed by atoms with Gasteiger partial charge in [-0.05, 0) is 36.8 Å². The molecule has 1 fully saturated rings. The molecule has 7 heteroatoms. The zero-order valence-electron chi connectivity index (χ0n) is 14.4. The van der Waals surface area contributed by atoms with Gasteiger partial charge in [0.2, 0.25) is 5.91 Å². The Morgan fingerprint density at radius 2 is 1.96 bits per heavy atom. The molecule has 3 atom stereocenters. The van der Waals surface area contributed by atoms with Gasteiger partial charge in [-0.1, -0.05) is 32.0 Å². The topological polar surface area (TPSA) is 66.4 Å². The van der Waals surface area contributed by atoms with Gasteiger partial charge in [-0.15, -0.1) is 0 Å². The van der Waals surface area contributed by atoms with Crippen LogP contribution in [-0.2, 0) is 15.8 Å². The fraction of sp³-hybridized carbons (Fsp3) is 0.556. The van der Waals surface area contributed by atoms with E-state index in [0.717, 1.165) is 12.1 Å². The molecule has 1 aliphatic rings. The molecule has 1 aromatic rings. The summed E-state index contributed by atoms with van der Waals surface area (Å²) in [5.74, 6) is -2.10. The minimum atomic E-state index is -4.42. The number of carbonyl (C=O) groups excluding carboxylic acids is 1. The van der Waals surface area contributed by atoms with Crippen LogP contribution in [0, 0.1) is 11.8 Å². The Kier molecular flexibility index (Phi) is 5.16. The van der Waals surface area contributed by atoms with E-state index in [1.54, 1.807) is 13.0 Å². The van der Waals surface area contributed by atoms with Crippen LogP contribution in [0.25, 0.3) is 0 Å². The van der Waals surface area contributed by atoms with Gasteiger partial charge in [0.15, 0.2) is 0 Å². The fourth-order valence-electron chi connectivity index (χ4n) is 2.88. The Hall–Kier alpha value is -2.05. The van der Waals surface area contributed by atoms with Gasteiger partial charge < -0.3 is 10.4 Å². The highest BCUT2D eigenvalue weighted by molar-refractivity contribution is 5.84. The summed E-state index contributed by atoms with van der Waals surface area (Å²) in [6.07, 6.45) is -4.16. The van der Waals surface area contributed by atoms with E-state index in [2.05, 4.69) is 5.32 Å². The van der Waals surface area contributed by atoms with Crippen LogP contribution in [-0.4, -0.2) is 22.5 Å². The normalized spacial score (nSPS) is 22.4. The van der Waals surface area contributed by atoms with Gasteiger partial charge in [-0.3, -0.25) is 9.59 Å². The highest BCUT2D eigenvalue weighted by Crippen LogP contribution is 2.48. The van der Waals surface area contributed by atoms with Crippen molar-refractivity contribution in [2.45, 2.75) is 51.2 Å². The zero-order chi connectivity index (χ0) is 19.0. The molecule has 0 radical (unpaired) electrons. The van der Waals surface area contributed by atoms with Crippen molar-refractivity contribution in [1.29, 1.82) is 0 Å². The van der Waals surface area contributed by atoms with Crippen LogP contribution in [0.4, 0.5) is 13.2 Å². The van der Waals surface area contributed by atoms with Crippen molar-refractivity contribution in [2.75, 3.05) is 0 Å². The molecule has 25 heavy (non-hydrogen) atoms. The monoisotopic (exact) mass is 357 g/mol. The van der Waals surface area contributed by atoms with E-state index in [-0.39, 0.29) is 24.2 Å². The Morgan fingerprint density at radius 3 is 2.48 bits per heavy atom. The third-order valence-corrected chi connectivity index (χ3v) is 4.97. The fourth-order valence-corrected chi connectivity index (χ4v) is 2.88. The first kappa shape index (κ1) is 19.3. The lowest BCUT2D eigenvalue weighted by atomic mass is 9.85. The van der Waals surface area contributed by atoms with E-state index < -0.39 is 29.2 Å². The summed E-state index contributed by atoms with van der Waals surface area (Å²) in [6, 6.07) is 5.01. The van der Waals surface area contributed by atoms with Crippen molar-refractivity contribution < 1.29 is 27.9 Å². The van der Waals surface area contributed by atoms with E-state index in [4.69, 9.17) is 5.11 Å². The molecule has 138 valence electrons. The van der Waals surface area contributed by atoms with Crippen molar-refractivity contribution in [3.05, 3.63) is 35.4 Å². The second kappa shape index (κ2) is 6.69. The number of carboxylic acid groups (broad SMARTS) is 1. The van der Waals surface area contributed by atoms with Crippen molar-refractivity contribution in [3.63, 3.8) is 0 Å². The average Bonchev–Trinajstić information content (AvgIpc) is 3.26. The maximum absolute atomic E-state index is 12.8. The van der Waals surface area contributed by atoms with Crippen molar-refractivity contribution in [1.82, 2.24) is 5.32 Å². The number of carboxylic acids is 1. The van der Waals surface area contributed by atoms with Gasteiger partial charge in [0.25, 0.3) is 0 Å². The Morgan fingerprint density at radius 1 is 1.32 bits per heavy atom. The first-order valence-electron chi connectivity index (χ1n) is 8.15. The number of nitrogens with one attached hydrogen (secondary N) is 1. The number of carbonyl (C=O) groups is 2. The molecule has 1 amide bonds. The molecule has 0 saturated heterocycles. The SMILES string of the molecule is CC(C)C(C)(CC(=O)O)NC(=O)C1CC1c1cccc(C(F)(F)F)c1. The van der Waals surface area contributed by atoms with Crippen LogP contribution in [0.2, 0.25) is 0 Å². The molecule has 1 saturated carbocycles. The number of benzene rings is 1. The number of alkyl halides is 3. The van der Waals surface area contributed by atoms with Gasteiger partial charge in [-0.2, -0.15) is 13.2 Å². The number of aliphatic carboxylic acids is 1. The quantitative estimate of drug-likeness (QED) is 0.813. The molecule has 3 unspecified atom stereocenters. The second-order valence-corrected chi connectivity index (χ2v) is 7.20. The van der Waals surface area contributed by atoms with Crippen LogP contribution in [0.5, 0.6) is 0 Å². The first-order valence-corrected chi connectivity index (χ1v) is 8.15. The standard InChI is InChI=1S/C18H22F3NO3/c1-10(2)17(3,9-15(23)24)22-16(25)14-8-13(14)11-5-4-6-12(7-11)18(19,20)21/h4-7,10,13-14H,8-9H2,1-3H3,(H,22,25)(H,23,24). The molecule has 2 rings (SSSR count). The smallest absolute Gasteiger partial charge is 0.416 e. The maximum atomic E-state index is 12.8. The van der Waals surface area contributed by atoms with Crippen LogP contribution < -0.4 is 5.32 Å². The zero-order valence-corrected chi connectivity index (χ0v) is 14.4. The molecular formula is C18H22F3NO3. The van der Waals surface area contributed by atoms with Gasteiger partial charge in [0, 0.05) is 11.5 Å². The molecule has 1 aromatic carbocycles. The highest BCUT2D eigenvalue weighted by Gasteiger charge is 2.47. The number of rotatable bonds is 6. The predicted octanol–water partition coefficient (Wildman–Crippen LogP) is 3.81. The summed E-state index contributed by atoms with van der Waals surface area (Å²) in [5.41, 5.74) is -1.14. The summed E-state index contributed by atoms with van der Waals surface area (Å²) < 4.78 is 38.4. The van der Waals surface area contributed by atoms with Crippen LogP contribution >= 0.6 is 0 Å². The van der Waals surface area contributed by atoms with Crippen LogP contribution in [0.15, 0.2) is 24.3 Å². The summed E-state index contributed by atoms with van der Waals surface area (Å²) in [6.45, 7) is 5.31. The number of halogens is 3.